The van der Waals surface area contributed by atoms with Gasteiger partial charge >= 0.3 is 0 Å². The van der Waals surface area contributed by atoms with Gasteiger partial charge < -0.3 is 14.6 Å². The molecule has 0 aliphatic heterocycles. The number of unbranched alkanes of at least 4 members (excludes halogenated alkanes) is 7. The fourth-order valence-corrected chi connectivity index (χ4v) is 2.50. The van der Waals surface area contributed by atoms with E-state index in [9.17, 15) is 0 Å². The molecule has 0 saturated carbocycles. The van der Waals surface area contributed by atoms with Gasteiger partial charge in [-0.15, -0.1) is 0 Å². The molecule has 0 bridgehead atoms. The van der Waals surface area contributed by atoms with Crippen molar-refractivity contribution in [1.29, 1.82) is 0 Å². The predicted octanol–water partition coefficient (Wildman–Crippen LogP) is 3.76. The molecular formula is C17H33N3O. The Bertz CT molecular complexity index is 339. The van der Waals surface area contributed by atoms with E-state index in [0.717, 1.165) is 26.2 Å². The Balaban J connectivity index is 2.05. The van der Waals surface area contributed by atoms with Gasteiger partial charge in [-0.3, -0.25) is 0 Å². The first-order chi connectivity index (χ1) is 10.4. The highest BCUT2D eigenvalue weighted by Gasteiger charge is 2.01. The van der Waals surface area contributed by atoms with Crippen LogP contribution in [0.4, 0.5) is 0 Å². The largest absolute Gasteiger partial charge is 0.383 e. The van der Waals surface area contributed by atoms with E-state index in [1.54, 1.807) is 7.11 Å². The molecule has 4 heteroatoms. The Hall–Kier alpha value is -0.870. The van der Waals surface area contributed by atoms with Gasteiger partial charge in [0.15, 0.2) is 0 Å². The maximum Gasteiger partial charge on any atom is 0.0948 e. The van der Waals surface area contributed by atoms with Crippen LogP contribution < -0.4 is 5.32 Å². The van der Waals surface area contributed by atoms with Crippen molar-refractivity contribution in [3.63, 3.8) is 0 Å². The fraction of sp³-hybridized carbons (Fsp3) is 0.824. The maximum atomic E-state index is 5.03. The van der Waals surface area contributed by atoms with E-state index < -0.39 is 0 Å². The first-order valence-corrected chi connectivity index (χ1v) is 8.57. The quantitative estimate of drug-likeness (QED) is 0.531. The lowest BCUT2D eigenvalue weighted by atomic mass is 10.1. The van der Waals surface area contributed by atoms with Gasteiger partial charge in [-0.1, -0.05) is 51.9 Å². The number of nitrogens with zero attached hydrogens (tertiary/aromatic N) is 2. The molecule has 0 atom stereocenters. The van der Waals surface area contributed by atoms with Gasteiger partial charge in [0.1, 0.15) is 0 Å². The molecular weight excluding hydrogens is 262 g/mol. The normalized spacial score (nSPS) is 11.1. The van der Waals surface area contributed by atoms with Crippen LogP contribution in [0.3, 0.4) is 0 Å². The zero-order valence-corrected chi connectivity index (χ0v) is 13.9. The summed E-state index contributed by atoms with van der Waals surface area (Å²) >= 11 is 0. The Morgan fingerprint density at radius 2 is 1.81 bits per heavy atom. The summed E-state index contributed by atoms with van der Waals surface area (Å²) in [7, 11) is 1.73. The molecule has 1 aromatic rings. The SMILES string of the molecule is CCCCCCCCCCn1cncc1CNCCOC. The second-order valence-corrected chi connectivity index (χ2v) is 5.72. The number of rotatable bonds is 14. The summed E-state index contributed by atoms with van der Waals surface area (Å²) in [5.74, 6) is 0. The third kappa shape index (κ3) is 8.89. The van der Waals surface area contributed by atoms with Gasteiger partial charge in [-0.05, 0) is 6.42 Å². The Labute approximate surface area is 130 Å². The Kier molecular flexibility index (Phi) is 11.1. The summed E-state index contributed by atoms with van der Waals surface area (Å²) in [5.41, 5.74) is 1.27. The minimum absolute atomic E-state index is 0.756. The molecule has 4 nitrogen and oxygen atoms in total. The van der Waals surface area contributed by atoms with Crippen molar-refractivity contribution in [2.24, 2.45) is 0 Å². The highest BCUT2D eigenvalue weighted by molar-refractivity contribution is 4.97. The monoisotopic (exact) mass is 295 g/mol. The number of imidazole rings is 1. The van der Waals surface area contributed by atoms with Crippen LogP contribution in [0.15, 0.2) is 12.5 Å². The van der Waals surface area contributed by atoms with Crippen molar-refractivity contribution >= 4 is 0 Å². The lowest BCUT2D eigenvalue weighted by molar-refractivity contribution is 0.199. The van der Waals surface area contributed by atoms with Gasteiger partial charge in [0, 0.05) is 32.9 Å². The fourth-order valence-electron chi connectivity index (χ4n) is 2.50. The van der Waals surface area contributed by atoms with Crippen molar-refractivity contribution in [1.82, 2.24) is 14.9 Å². The lowest BCUT2D eigenvalue weighted by Gasteiger charge is -2.09. The number of aryl methyl sites for hydroxylation is 1. The average molecular weight is 295 g/mol. The molecule has 0 aliphatic carbocycles. The number of hydrogen-bond acceptors (Lipinski definition) is 3. The van der Waals surface area contributed by atoms with E-state index in [2.05, 4.69) is 21.8 Å². The van der Waals surface area contributed by atoms with E-state index in [4.69, 9.17) is 4.74 Å². The molecule has 122 valence electrons. The van der Waals surface area contributed by atoms with Crippen LogP contribution in [0.25, 0.3) is 0 Å². The van der Waals surface area contributed by atoms with Crippen LogP contribution in [0, 0.1) is 0 Å². The maximum absolute atomic E-state index is 5.03. The summed E-state index contributed by atoms with van der Waals surface area (Å²) in [6.07, 6.45) is 14.8. The second kappa shape index (κ2) is 12.8. The number of hydrogen-bond donors (Lipinski definition) is 1. The van der Waals surface area contributed by atoms with Crippen molar-refractivity contribution in [2.75, 3.05) is 20.3 Å². The zero-order valence-electron chi connectivity index (χ0n) is 13.9. The van der Waals surface area contributed by atoms with Gasteiger partial charge in [0.2, 0.25) is 0 Å². The first kappa shape index (κ1) is 18.2. The molecule has 0 fully saturated rings. The molecule has 0 saturated heterocycles. The zero-order chi connectivity index (χ0) is 15.2. The van der Waals surface area contributed by atoms with E-state index in [-0.39, 0.29) is 0 Å². The van der Waals surface area contributed by atoms with Gasteiger partial charge in [0.05, 0.1) is 18.6 Å². The summed E-state index contributed by atoms with van der Waals surface area (Å²) < 4.78 is 7.31. The smallest absolute Gasteiger partial charge is 0.0948 e. The molecule has 1 aromatic heterocycles. The van der Waals surface area contributed by atoms with E-state index in [1.165, 1.54) is 57.1 Å². The van der Waals surface area contributed by atoms with Crippen molar-refractivity contribution in [3.05, 3.63) is 18.2 Å². The van der Waals surface area contributed by atoms with E-state index in [0.29, 0.717) is 0 Å². The van der Waals surface area contributed by atoms with Crippen LogP contribution in [0.1, 0.15) is 64.0 Å². The van der Waals surface area contributed by atoms with Crippen LogP contribution in [0.5, 0.6) is 0 Å². The topological polar surface area (TPSA) is 39.1 Å². The summed E-state index contributed by atoms with van der Waals surface area (Å²) in [4.78, 5) is 4.26. The highest BCUT2D eigenvalue weighted by Crippen LogP contribution is 2.10. The molecule has 0 aliphatic rings. The first-order valence-electron chi connectivity index (χ1n) is 8.57. The summed E-state index contributed by atoms with van der Waals surface area (Å²) in [6, 6.07) is 0. The van der Waals surface area contributed by atoms with Crippen molar-refractivity contribution in [2.45, 2.75) is 71.4 Å². The van der Waals surface area contributed by atoms with Crippen molar-refractivity contribution in [3.8, 4) is 0 Å². The third-order valence-corrected chi connectivity index (χ3v) is 3.84. The number of ether oxygens (including phenoxy) is 1. The molecule has 1 N–H and O–H groups in total. The molecule has 0 amide bonds. The number of nitrogens with one attached hydrogen (secondary N) is 1. The summed E-state index contributed by atoms with van der Waals surface area (Å²) in [6.45, 7) is 5.88. The minimum atomic E-state index is 0.756. The molecule has 0 radical (unpaired) electrons. The molecule has 1 heterocycles. The third-order valence-electron chi connectivity index (χ3n) is 3.84. The van der Waals surface area contributed by atoms with Gasteiger partial charge in [0.25, 0.3) is 0 Å². The second-order valence-electron chi connectivity index (χ2n) is 5.72. The molecule has 21 heavy (non-hydrogen) atoms. The molecule has 1 rings (SSSR count). The molecule has 0 aromatic carbocycles. The highest BCUT2D eigenvalue weighted by atomic mass is 16.5. The van der Waals surface area contributed by atoms with Gasteiger partial charge in [-0.2, -0.15) is 0 Å². The van der Waals surface area contributed by atoms with Crippen LogP contribution in [-0.4, -0.2) is 29.8 Å². The standard InChI is InChI=1S/C17H33N3O/c1-3-4-5-6-7-8-9-10-12-20-16-19-15-17(20)14-18-11-13-21-2/h15-16,18H,3-14H2,1-2H3. The number of aromatic nitrogens is 2. The lowest BCUT2D eigenvalue weighted by Crippen LogP contribution is -2.20. The van der Waals surface area contributed by atoms with Crippen molar-refractivity contribution < 1.29 is 4.74 Å². The molecule has 0 unspecified atom stereocenters. The number of methoxy groups -OCH3 is 1. The summed E-state index contributed by atoms with van der Waals surface area (Å²) in [5, 5.41) is 3.37. The predicted molar refractivity (Wildman–Crippen MR) is 88.4 cm³/mol. The Morgan fingerprint density at radius 1 is 1.10 bits per heavy atom. The minimum Gasteiger partial charge on any atom is -0.383 e. The van der Waals surface area contributed by atoms with Crippen LogP contribution in [0.2, 0.25) is 0 Å². The molecule has 0 spiro atoms. The van der Waals surface area contributed by atoms with Gasteiger partial charge in [-0.25, -0.2) is 4.98 Å². The van der Waals surface area contributed by atoms with Crippen LogP contribution >= 0.6 is 0 Å². The van der Waals surface area contributed by atoms with Crippen LogP contribution in [-0.2, 0) is 17.8 Å². The Morgan fingerprint density at radius 3 is 2.52 bits per heavy atom. The van der Waals surface area contributed by atoms with E-state index >= 15 is 0 Å². The average Bonchev–Trinajstić information content (AvgIpc) is 2.94. The van der Waals surface area contributed by atoms with E-state index in [1.807, 2.05) is 12.5 Å².